The second-order valence-electron chi connectivity index (χ2n) is 7.40. The first-order valence-electron chi connectivity index (χ1n) is 7.43. The van der Waals surface area contributed by atoms with Gasteiger partial charge in [0.1, 0.15) is 0 Å². The average Bonchev–Trinajstić information content (AvgIpc) is 2.98. The molecule has 2 fully saturated rings. The van der Waals surface area contributed by atoms with E-state index in [1.807, 2.05) is 0 Å². The highest BCUT2D eigenvalue weighted by Gasteiger charge is 2.42. The van der Waals surface area contributed by atoms with Crippen LogP contribution in [0.2, 0.25) is 0 Å². The molecule has 3 heteroatoms. The maximum Gasteiger partial charge on any atom is 0.0614 e. The van der Waals surface area contributed by atoms with Crippen LogP contribution in [0.15, 0.2) is 0 Å². The Balaban J connectivity index is 1.72. The largest absolute Gasteiger partial charge is 0.394 e. The molecular formula is C15H29NO2. The molecule has 2 saturated carbocycles. The molecule has 2 N–H and O–H groups in total. The van der Waals surface area contributed by atoms with Crippen LogP contribution in [0.5, 0.6) is 0 Å². The number of hydrogen-bond acceptors (Lipinski definition) is 3. The normalized spacial score (nSPS) is 33.0. The Morgan fingerprint density at radius 3 is 2.56 bits per heavy atom. The van der Waals surface area contributed by atoms with E-state index < -0.39 is 0 Å². The topological polar surface area (TPSA) is 41.5 Å². The lowest BCUT2D eigenvalue weighted by Gasteiger charge is -2.29. The summed E-state index contributed by atoms with van der Waals surface area (Å²) in [6, 6.07) is 0.658. The lowest BCUT2D eigenvalue weighted by atomic mass is 9.93. The second-order valence-corrected chi connectivity index (χ2v) is 7.40. The summed E-state index contributed by atoms with van der Waals surface area (Å²) in [6.45, 7) is 7.84. The smallest absolute Gasteiger partial charge is 0.0614 e. The first-order chi connectivity index (χ1) is 8.42. The summed E-state index contributed by atoms with van der Waals surface area (Å²) in [5, 5.41) is 13.3. The number of hydrogen-bond donors (Lipinski definition) is 2. The van der Waals surface area contributed by atoms with E-state index in [1.54, 1.807) is 0 Å². The lowest BCUT2D eigenvalue weighted by Crippen LogP contribution is -2.48. The van der Waals surface area contributed by atoms with Gasteiger partial charge in [0.25, 0.3) is 0 Å². The fourth-order valence-corrected chi connectivity index (χ4v) is 2.73. The molecule has 2 aliphatic rings. The van der Waals surface area contributed by atoms with Gasteiger partial charge < -0.3 is 15.2 Å². The minimum atomic E-state index is -0.0480. The van der Waals surface area contributed by atoms with Crippen molar-refractivity contribution in [1.82, 2.24) is 5.32 Å². The monoisotopic (exact) mass is 255 g/mol. The van der Waals surface area contributed by atoms with Crippen molar-refractivity contribution in [2.45, 2.75) is 77.0 Å². The summed E-state index contributed by atoms with van der Waals surface area (Å²) in [4.78, 5) is 0. The zero-order valence-corrected chi connectivity index (χ0v) is 12.2. The van der Waals surface area contributed by atoms with Crippen LogP contribution in [0.25, 0.3) is 0 Å². The number of nitrogens with one attached hydrogen (secondary N) is 1. The molecule has 0 aromatic heterocycles. The predicted molar refractivity (Wildman–Crippen MR) is 73.6 cm³/mol. The molecule has 0 aliphatic heterocycles. The first kappa shape index (κ1) is 14.3. The Bertz CT molecular complexity index is 270. The van der Waals surface area contributed by atoms with Crippen molar-refractivity contribution in [3.63, 3.8) is 0 Å². The predicted octanol–water partition coefficient (Wildman–Crippen LogP) is 2.47. The second kappa shape index (κ2) is 5.48. The van der Waals surface area contributed by atoms with Crippen molar-refractivity contribution < 1.29 is 9.84 Å². The molecule has 0 aromatic rings. The van der Waals surface area contributed by atoms with Crippen LogP contribution >= 0.6 is 0 Å². The standard InChI is InChI=1S/C15H29NO2/c1-14(2,3)8-9-18-13-6-7-15(10-13,11-17)16-12-4-5-12/h12-13,16-17H,4-11H2,1-3H3. The zero-order chi connectivity index (χ0) is 13.2. The Labute approximate surface area is 111 Å². The van der Waals surface area contributed by atoms with Gasteiger partial charge in [-0.3, -0.25) is 0 Å². The van der Waals surface area contributed by atoms with Crippen LogP contribution in [-0.2, 0) is 4.74 Å². The van der Waals surface area contributed by atoms with Crippen LogP contribution in [-0.4, -0.2) is 36.0 Å². The lowest BCUT2D eigenvalue weighted by molar-refractivity contribution is 0.0328. The Kier molecular flexibility index (Phi) is 4.35. The van der Waals surface area contributed by atoms with Gasteiger partial charge in [0.15, 0.2) is 0 Å². The van der Waals surface area contributed by atoms with E-state index in [0.29, 0.717) is 17.6 Å². The molecule has 2 atom stereocenters. The van der Waals surface area contributed by atoms with Gasteiger partial charge in [-0.15, -0.1) is 0 Å². The van der Waals surface area contributed by atoms with Gasteiger partial charge in [-0.05, 0) is 43.9 Å². The number of aliphatic hydroxyl groups is 1. The summed E-state index contributed by atoms with van der Waals surface area (Å²) in [7, 11) is 0. The van der Waals surface area contributed by atoms with Crippen LogP contribution in [0.1, 0.15) is 59.3 Å². The molecule has 2 unspecified atom stereocenters. The highest BCUT2D eigenvalue weighted by Crippen LogP contribution is 2.35. The van der Waals surface area contributed by atoms with Crippen molar-refractivity contribution in [3.05, 3.63) is 0 Å². The van der Waals surface area contributed by atoms with Crippen molar-refractivity contribution in [3.8, 4) is 0 Å². The Hall–Kier alpha value is -0.120. The molecule has 3 nitrogen and oxygen atoms in total. The average molecular weight is 255 g/mol. The molecule has 106 valence electrons. The van der Waals surface area contributed by atoms with E-state index >= 15 is 0 Å². The maximum atomic E-state index is 9.65. The first-order valence-corrected chi connectivity index (χ1v) is 7.43. The third kappa shape index (κ3) is 4.22. The van der Waals surface area contributed by atoms with E-state index in [0.717, 1.165) is 32.3 Å². The number of rotatable bonds is 6. The number of ether oxygens (including phenoxy) is 1. The van der Waals surface area contributed by atoms with Gasteiger partial charge in [0.05, 0.1) is 12.7 Å². The van der Waals surface area contributed by atoms with Crippen molar-refractivity contribution in [2.24, 2.45) is 5.41 Å². The molecule has 0 spiro atoms. The molecule has 0 aromatic carbocycles. The van der Waals surface area contributed by atoms with Crippen LogP contribution in [0, 0.1) is 5.41 Å². The highest BCUT2D eigenvalue weighted by molar-refractivity contribution is 5.01. The van der Waals surface area contributed by atoms with Crippen LogP contribution < -0.4 is 5.32 Å². The summed E-state index contributed by atoms with van der Waals surface area (Å²) in [6.07, 6.45) is 7.11. The summed E-state index contributed by atoms with van der Waals surface area (Å²) in [5.41, 5.74) is 0.298. The summed E-state index contributed by atoms with van der Waals surface area (Å²) >= 11 is 0. The molecule has 18 heavy (non-hydrogen) atoms. The fraction of sp³-hybridized carbons (Fsp3) is 1.00. The molecule has 0 bridgehead atoms. The van der Waals surface area contributed by atoms with Gasteiger partial charge in [-0.1, -0.05) is 20.8 Å². The highest BCUT2D eigenvalue weighted by atomic mass is 16.5. The van der Waals surface area contributed by atoms with Gasteiger partial charge >= 0.3 is 0 Å². The van der Waals surface area contributed by atoms with E-state index in [4.69, 9.17) is 4.74 Å². The fourth-order valence-electron chi connectivity index (χ4n) is 2.73. The van der Waals surface area contributed by atoms with Gasteiger partial charge in [0, 0.05) is 18.2 Å². The Morgan fingerprint density at radius 2 is 2.00 bits per heavy atom. The van der Waals surface area contributed by atoms with Crippen molar-refractivity contribution in [2.75, 3.05) is 13.2 Å². The van der Waals surface area contributed by atoms with Gasteiger partial charge in [-0.25, -0.2) is 0 Å². The zero-order valence-electron chi connectivity index (χ0n) is 12.2. The molecule has 0 radical (unpaired) electrons. The van der Waals surface area contributed by atoms with Crippen LogP contribution in [0.3, 0.4) is 0 Å². The summed E-state index contributed by atoms with van der Waals surface area (Å²) < 4.78 is 5.99. The molecule has 0 heterocycles. The quantitative estimate of drug-likeness (QED) is 0.766. The Morgan fingerprint density at radius 1 is 1.28 bits per heavy atom. The SMILES string of the molecule is CC(C)(C)CCOC1CCC(CO)(NC2CC2)C1. The molecular weight excluding hydrogens is 226 g/mol. The van der Waals surface area contributed by atoms with E-state index in [-0.39, 0.29) is 12.1 Å². The van der Waals surface area contributed by atoms with Gasteiger partial charge in [-0.2, -0.15) is 0 Å². The van der Waals surface area contributed by atoms with Crippen molar-refractivity contribution >= 4 is 0 Å². The molecule has 0 amide bonds. The minimum Gasteiger partial charge on any atom is -0.394 e. The van der Waals surface area contributed by atoms with E-state index in [1.165, 1.54) is 12.8 Å². The van der Waals surface area contributed by atoms with E-state index in [2.05, 4.69) is 26.1 Å². The third-order valence-electron chi connectivity index (χ3n) is 4.16. The minimum absolute atomic E-state index is 0.0480. The third-order valence-corrected chi connectivity index (χ3v) is 4.16. The van der Waals surface area contributed by atoms with E-state index in [9.17, 15) is 5.11 Å². The number of aliphatic hydroxyl groups excluding tert-OH is 1. The molecule has 2 aliphatic carbocycles. The molecule has 0 saturated heterocycles. The maximum absolute atomic E-state index is 9.65. The summed E-state index contributed by atoms with van der Waals surface area (Å²) in [5.74, 6) is 0. The van der Waals surface area contributed by atoms with Crippen LogP contribution in [0.4, 0.5) is 0 Å². The van der Waals surface area contributed by atoms with Gasteiger partial charge in [0.2, 0.25) is 0 Å². The van der Waals surface area contributed by atoms with Crippen molar-refractivity contribution in [1.29, 1.82) is 0 Å². The molecule has 2 rings (SSSR count).